The van der Waals surface area contributed by atoms with Gasteiger partial charge in [0, 0.05) is 31.1 Å². The second kappa shape index (κ2) is 9.56. The monoisotopic (exact) mass is 355 g/mol. The minimum absolute atomic E-state index is 0.120. The zero-order valence-electron chi connectivity index (χ0n) is 16.9. The molecule has 2 rings (SSSR count). The Morgan fingerprint density at radius 2 is 1.88 bits per heavy atom. The minimum atomic E-state index is 0.120. The number of carbonyl (C=O) groups excluding carboxylic acids is 1. The third-order valence-corrected chi connectivity index (χ3v) is 4.98. The molecule has 0 aliphatic heterocycles. The van der Waals surface area contributed by atoms with Gasteiger partial charge in [-0.15, -0.1) is 0 Å². The van der Waals surface area contributed by atoms with E-state index in [1.54, 1.807) is 0 Å². The van der Waals surface area contributed by atoms with E-state index in [0.29, 0.717) is 24.8 Å². The van der Waals surface area contributed by atoms with E-state index in [-0.39, 0.29) is 5.91 Å². The van der Waals surface area contributed by atoms with Gasteiger partial charge >= 0.3 is 0 Å². The summed E-state index contributed by atoms with van der Waals surface area (Å²) in [6, 6.07) is 10.4. The predicted octanol–water partition coefficient (Wildman–Crippen LogP) is 4.40. The largest absolute Gasteiger partial charge is 0.355 e. The molecule has 2 aromatic rings. The van der Waals surface area contributed by atoms with Gasteiger partial charge < -0.3 is 5.32 Å². The maximum atomic E-state index is 12.3. The third kappa shape index (κ3) is 5.45. The maximum absolute atomic E-state index is 12.3. The number of benzene rings is 1. The molecule has 0 saturated heterocycles. The zero-order chi connectivity index (χ0) is 19.1. The number of aryl methyl sites for hydroxylation is 1. The highest BCUT2D eigenvalue weighted by molar-refractivity contribution is 5.76. The Hall–Kier alpha value is -2.10. The molecule has 1 amide bonds. The Labute approximate surface area is 158 Å². The number of amides is 1. The molecule has 0 saturated carbocycles. The first-order valence-corrected chi connectivity index (χ1v) is 9.76. The van der Waals surface area contributed by atoms with E-state index in [9.17, 15) is 4.79 Å². The van der Waals surface area contributed by atoms with E-state index in [1.165, 1.54) is 16.8 Å². The van der Waals surface area contributed by atoms with Crippen LogP contribution in [0.1, 0.15) is 62.0 Å². The molecule has 1 aromatic carbocycles. The third-order valence-electron chi connectivity index (χ3n) is 4.98. The number of hydrogen-bond donors (Lipinski definition) is 1. The SMILES string of the molecule is CCC(CNC(=O)CCc1c(C)nn(CC(C)C)c1C)c1ccccc1. The Balaban J connectivity index is 1.88. The first kappa shape index (κ1) is 20.2. The molecule has 0 fully saturated rings. The molecule has 26 heavy (non-hydrogen) atoms. The molecular formula is C22H33N3O. The summed E-state index contributed by atoms with van der Waals surface area (Å²) in [4.78, 5) is 12.3. The van der Waals surface area contributed by atoms with Crippen molar-refractivity contribution in [2.45, 2.75) is 66.3 Å². The van der Waals surface area contributed by atoms with Crippen LogP contribution in [-0.2, 0) is 17.8 Å². The van der Waals surface area contributed by atoms with Crippen LogP contribution in [0.5, 0.6) is 0 Å². The number of hydrogen-bond acceptors (Lipinski definition) is 2. The van der Waals surface area contributed by atoms with Gasteiger partial charge in [-0.25, -0.2) is 0 Å². The molecule has 4 nitrogen and oxygen atoms in total. The van der Waals surface area contributed by atoms with E-state index < -0.39 is 0 Å². The smallest absolute Gasteiger partial charge is 0.220 e. The van der Waals surface area contributed by atoms with Crippen LogP contribution in [0.25, 0.3) is 0 Å². The van der Waals surface area contributed by atoms with E-state index in [4.69, 9.17) is 0 Å². The number of aromatic nitrogens is 2. The average molecular weight is 356 g/mol. The first-order chi connectivity index (χ1) is 12.4. The van der Waals surface area contributed by atoms with E-state index in [1.807, 2.05) is 13.0 Å². The molecule has 1 aromatic heterocycles. The topological polar surface area (TPSA) is 46.9 Å². The van der Waals surface area contributed by atoms with Gasteiger partial charge in [-0.3, -0.25) is 9.48 Å². The maximum Gasteiger partial charge on any atom is 0.220 e. The Morgan fingerprint density at radius 3 is 2.50 bits per heavy atom. The van der Waals surface area contributed by atoms with Crippen molar-refractivity contribution in [3.63, 3.8) is 0 Å². The molecular weight excluding hydrogens is 322 g/mol. The Kier molecular flexibility index (Phi) is 7.43. The molecule has 1 heterocycles. The average Bonchev–Trinajstić information content (AvgIpc) is 2.87. The predicted molar refractivity (Wildman–Crippen MR) is 107 cm³/mol. The van der Waals surface area contributed by atoms with Gasteiger partial charge in [-0.05, 0) is 43.7 Å². The first-order valence-electron chi connectivity index (χ1n) is 9.76. The molecule has 1 unspecified atom stereocenters. The van der Waals surface area contributed by atoms with Crippen LogP contribution in [0.3, 0.4) is 0 Å². The van der Waals surface area contributed by atoms with Crippen molar-refractivity contribution in [1.29, 1.82) is 0 Å². The summed E-state index contributed by atoms with van der Waals surface area (Å²) in [5.41, 5.74) is 4.75. The zero-order valence-corrected chi connectivity index (χ0v) is 16.9. The Bertz CT molecular complexity index is 704. The molecule has 142 valence electrons. The number of rotatable bonds is 9. The van der Waals surface area contributed by atoms with Crippen molar-refractivity contribution in [1.82, 2.24) is 15.1 Å². The van der Waals surface area contributed by atoms with E-state index >= 15 is 0 Å². The van der Waals surface area contributed by atoms with Crippen LogP contribution in [0.4, 0.5) is 0 Å². The van der Waals surface area contributed by atoms with Crippen molar-refractivity contribution < 1.29 is 4.79 Å². The lowest BCUT2D eigenvalue weighted by Crippen LogP contribution is -2.28. The van der Waals surface area contributed by atoms with Crippen LogP contribution in [0.2, 0.25) is 0 Å². The van der Waals surface area contributed by atoms with Crippen LogP contribution in [0.15, 0.2) is 30.3 Å². The lowest BCUT2D eigenvalue weighted by atomic mass is 9.96. The van der Waals surface area contributed by atoms with Gasteiger partial charge in [0.05, 0.1) is 5.69 Å². The van der Waals surface area contributed by atoms with Crippen molar-refractivity contribution in [3.05, 3.63) is 52.8 Å². The fourth-order valence-corrected chi connectivity index (χ4v) is 3.41. The summed E-state index contributed by atoms with van der Waals surface area (Å²) in [7, 11) is 0. The van der Waals surface area contributed by atoms with Gasteiger partial charge in [0.2, 0.25) is 5.91 Å². The summed E-state index contributed by atoms with van der Waals surface area (Å²) in [5.74, 6) is 1.06. The molecule has 0 aliphatic carbocycles. The van der Waals surface area contributed by atoms with Crippen LogP contribution < -0.4 is 5.32 Å². The Morgan fingerprint density at radius 1 is 1.19 bits per heavy atom. The van der Waals surface area contributed by atoms with Gasteiger partial charge in [-0.1, -0.05) is 51.1 Å². The van der Waals surface area contributed by atoms with Gasteiger partial charge in [0.15, 0.2) is 0 Å². The van der Waals surface area contributed by atoms with Crippen molar-refractivity contribution in [2.75, 3.05) is 6.54 Å². The lowest BCUT2D eigenvalue weighted by molar-refractivity contribution is -0.121. The second-order valence-electron chi connectivity index (χ2n) is 7.55. The van der Waals surface area contributed by atoms with E-state index in [2.05, 4.69) is 67.1 Å². The quantitative estimate of drug-likeness (QED) is 0.725. The molecule has 0 spiro atoms. The molecule has 1 atom stereocenters. The fourth-order valence-electron chi connectivity index (χ4n) is 3.41. The highest BCUT2D eigenvalue weighted by atomic mass is 16.1. The van der Waals surface area contributed by atoms with Gasteiger partial charge in [0.25, 0.3) is 0 Å². The van der Waals surface area contributed by atoms with E-state index in [0.717, 1.165) is 25.1 Å². The van der Waals surface area contributed by atoms with Crippen molar-refractivity contribution >= 4 is 5.91 Å². The fraction of sp³-hybridized carbons (Fsp3) is 0.545. The van der Waals surface area contributed by atoms with Crippen LogP contribution in [0, 0.1) is 19.8 Å². The van der Waals surface area contributed by atoms with Crippen LogP contribution >= 0.6 is 0 Å². The summed E-state index contributed by atoms with van der Waals surface area (Å²) >= 11 is 0. The van der Waals surface area contributed by atoms with Gasteiger partial charge in [0.1, 0.15) is 0 Å². The number of nitrogens with one attached hydrogen (secondary N) is 1. The van der Waals surface area contributed by atoms with Crippen molar-refractivity contribution in [2.24, 2.45) is 5.92 Å². The van der Waals surface area contributed by atoms with Crippen molar-refractivity contribution in [3.8, 4) is 0 Å². The normalized spacial score (nSPS) is 12.4. The molecule has 1 N–H and O–H groups in total. The standard InChI is InChI=1S/C22H33N3O/c1-6-19(20-10-8-7-9-11-20)14-23-22(26)13-12-21-17(4)24-25(18(21)5)15-16(2)3/h7-11,16,19H,6,12-15H2,1-5H3,(H,23,26). The molecule has 4 heteroatoms. The lowest BCUT2D eigenvalue weighted by Gasteiger charge is -2.16. The molecule has 0 aliphatic rings. The number of carbonyl (C=O) groups is 1. The van der Waals surface area contributed by atoms with Crippen LogP contribution in [-0.4, -0.2) is 22.2 Å². The highest BCUT2D eigenvalue weighted by Gasteiger charge is 2.15. The second-order valence-corrected chi connectivity index (χ2v) is 7.55. The molecule has 0 radical (unpaired) electrons. The summed E-state index contributed by atoms with van der Waals surface area (Å²) in [5, 5.41) is 7.75. The van der Waals surface area contributed by atoms with Gasteiger partial charge in [-0.2, -0.15) is 5.10 Å². The highest BCUT2D eigenvalue weighted by Crippen LogP contribution is 2.19. The summed E-state index contributed by atoms with van der Waals surface area (Å²) < 4.78 is 2.08. The molecule has 0 bridgehead atoms. The minimum Gasteiger partial charge on any atom is -0.355 e. The summed E-state index contributed by atoms with van der Waals surface area (Å²) in [6.45, 7) is 12.3. The number of nitrogens with zero attached hydrogens (tertiary/aromatic N) is 2. The summed E-state index contributed by atoms with van der Waals surface area (Å²) in [6.07, 6.45) is 2.29.